The van der Waals surface area contributed by atoms with Gasteiger partial charge in [-0.2, -0.15) is 0 Å². The van der Waals surface area contributed by atoms with E-state index in [1.54, 1.807) is 0 Å². The lowest BCUT2D eigenvalue weighted by molar-refractivity contribution is 0.122. The van der Waals surface area contributed by atoms with E-state index < -0.39 is 0 Å². The molecule has 2 aromatic rings. The van der Waals surface area contributed by atoms with Crippen molar-refractivity contribution in [3.05, 3.63) is 65.2 Å². The third kappa shape index (κ3) is 5.34. The molecule has 2 aromatic carbocycles. The second-order valence-electron chi connectivity index (χ2n) is 8.35. The van der Waals surface area contributed by atoms with E-state index in [0.29, 0.717) is 6.54 Å². The summed E-state index contributed by atoms with van der Waals surface area (Å²) in [6, 6.07) is 17.8. The number of likely N-dealkylation sites (N-methyl/N-ethyl adjacent to an activating group) is 1. The monoisotopic (exact) mass is 381 g/mol. The van der Waals surface area contributed by atoms with Gasteiger partial charge in [-0.1, -0.05) is 36.4 Å². The standard InChI is InChI=1S/C24H35N3O/c1-24(26(2)3,18-21-4-6-22(19-25)7-5-21)13-12-20-8-10-23(11-9-20)27-14-16-28-17-15-27/h4-11H,12-19,25H2,1-3H3. The highest BCUT2D eigenvalue weighted by Gasteiger charge is 2.27. The minimum atomic E-state index is 0.118. The number of nitrogens with two attached hydrogens (primary N) is 1. The van der Waals surface area contributed by atoms with Crippen molar-refractivity contribution in [1.82, 2.24) is 4.90 Å². The number of nitrogens with zero attached hydrogens (tertiary/aromatic N) is 2. The Hall–Kier alpha value is -1.88. The van der Waals surface area contributed by atoms with E-state index in [-0.39, 0.29) is 5.54 Å². The second kappa shape index (κ2) is 9.55. The van der Waals surface area contributed by atoms with E-state index in [1.807, 2.05) is 0 Å². The van der Waals surface area contributed by atoms with Crippen LogP contribution >= 0.6 is 0 Å². The Bertz CT molecular complexity index is 721. The van der Waals surface area contributed by atoms with E-state index in [1.165, 1.54) is 22.4 Å². The van der Waals surface area contributed by atoms with Crippen molar-refractivity contribution in [2.24, 2.45) is 5.73 Å². The van der Waals surface area contributed by atoms with Crippen molar-refractivity contribution in [2.45, 2.75) is 38.3 Å². The molecule has 1 atom stereocenters. The lowest BCUT2D eigenvalue weighted by Gasteiger charge is -2.37. The molecule has 0 radical (unpaired) electrons. The normalized spacial score (nSPS) is 17.0. The number of anilines is 1. The number of benzene rings is 2. The zero-order chi connectivity index (χ0) is 20.0. The predicted octanol–water partition coefficient (Wildman–Crippen LogP) is 3.48. The molecule has 0 spiro atoms. The van der Waals surface area contributed by atoms with Crippen molar-refractivity contribution < 1.29 is 4.74 Å². The Labute approximate surface area is 170 Å². The van der Waals surface area contributed by atoms with Crippen molar-refractivity contribution in [1.29, 1.82) is 0 Å². The summed E-state index contributed by atoms with van der Waals surface area (Å²) in [6.07, 6.45) is 3.24. The maximum Gasteiger partial charge on any atom is 0.0642 e. The lowest BCUT2D eigenvalue weighted by Crippen LogP contribution is -2.43. The van der Waals surface area contributed by atoms with Crippen LogP contribution in [-0.2, 0) is 24.1 Å². The maximum absolute atomic E-state index is 5.73. The van der Waals surface area contributed by atoms with Gasteiger partial charge < -0.3 is 20.3 Å². The first kappa shape index (κ1) is 20.8. The molecule has 2 N–H and O–H groups in total. The van der Waals surface area contributed by atoms with Gasteiger partial charge in [0.25, 0.3) is 0 Å². The fourth-order valence-corrected chi connectivity index (χ4v) is 3.81. The second-order valence-corrected chi connectivity index (χ2v) is 8.35. The molecule has 4 nitrogen and oxygen atoms in total. The fraction of sp³-hybridized carbons (Fsp3) is 0.500. The van der Waals surface area contributed by atoms with Crippen LogP contribution in [0.3, 0.4) is 0 Å². The summed E-state index contributed by atoms with van der Waals surface area (Å²) in [5, 5.41) is 0. The first-order valence-electron chi connectivity index (χ1n) is 10.4. The van der Waals surface area contributed by atoms with Crippen molar-refractivity contribution >= 4 is 5.69 Å². The fourth-order valence-electron chi connectivity index (χ4n) is 3.81. The number of ether oxygens (including phenoxy) is 1. The number of morpholine rings is 1. The van der Waals surface area contributed by atoms with E-state index in [2.05, 4.69) is 79.3 Å². The quantitative estimate of drug-likeness (QED) is 0.760. The highest BCUT2D eigenvalue weighted by Crippen LogP contribution is 2.26. The molecule has 1 saturated heterocycles. The molecule has 3 rings (SSSR count). The molecule has 1 heterocycles. The van der Waals surface area contributed by atoms with Gasteiger partial charge in [-0.15, -0.1) is 0 Å². The summed E-state index contributed by atoms with van der Waals surface area (Å²) in [5.41, 5.74) is 11.1. The molecule has 0 bridgehead atoms. The molecule has 0 aliphatic carbocycles. The summed E-state index contributed by atoms with van der Waals surface area (Å²) in [6.45, 7) is 6.60. The molecular weight excluding hydrogens is 346 g/mol. The molecule has 4 heteroatoms. The van der Waals surface area contributed by atoms with Crippen molar-refractivity contribution in [3.63, 3.8) is 0 Å². The van der Waals surface area contributed by atoms with Crippen LogP contribution in [0, 0.1) is 0 Å². The van der Waals surface area contributed by atoms with Crippen LogP contribution in [-0.4, -0.2) is 50.8 Å². The lowest BCUT2D eigenvalue weighted by atomic mass is 9.85. The van der Waals surface area contributed by atoms with Crippen molar-refractivity contribution in [3.8, 4) is 0 Å². The molecule has 1 fully saturated rings. The van der Waals surface area contributed by atoms with E-state index in [9.17, 15) is 0 Å². The Morgan fingerprint density at radius 1 is 0.929 bits per heavy atom. The first-order valence-corrected chi connectivity index (χ1v) is 10.4. The molecule has 0 saturated carbocycles. The van der Waals surface area contributed by atoms with Gasteiger partial charge in [0.05, 0.1) is 13.2 Å². The smallest absolute Gasteiger partial charge is 0.0642 e. The van der Waals surface area contributed by atoms with Gasteiger partial charge >= 0.3 is 0 Å². The molecular formula is C24H35N3O. The van der Waals surface area contributed by atoms with Crippen LogP contribution in [0.4, 0.5) is 5.69 Å². The first-order chi connectivity index (χ1) is 13.5. The third-order valence-corrected chi connectivity index (χ3v) is 6.19. The van der Waals surface area contributed by atoms with Gasteiger partial charge in [-0.25, -0.2) is 0 Å². The maximum atomic E-state index is 5.73. The van der Waals surface area contributed by atoms with Gasteiger partial charge in [0.15, 0.2) is 0 Å². The zero-order valence-electron chi connectivity index (χ0n) is 17.7. The molecule has 152 valence electrons. The SMILES string of the molecule is CN(C)C(C)(CCc1ccc(N2CCOCC2)cc1)Cc1ccc(CN)cc1. The number of hydrogen-bond acceptors (Lipinski definition) is 4. The van der Waals surface area contributed by atoms with Crippen molar-refractivity contribution in [2.75, 3.05) is 45.3 Å². The van der Waals surface area contributed by atoms with Gasteiger partial charge in [0, 0.05) is 30.9 Å². The van der Waals surface area contributed by atoms with E-state index in [4.69, 9.17) is 10.5 Å². The van der Waals surface area contributed by atoms with Gasteiger partial charge in [-0.3, -0.25) is 0 Å². The van der Waals surface area contributed by atoms with Gasteiger partial charge in [-0.05, 0) is 69.1 Å². The Kier molecular flexibility index (Phi) is 7.11. The van der Waals surface area contributed by atoms with Crippen LogP contribution in [0.2, 0.25) is 0 Å². The minimum absolute atomic E-state index is 0.118. The van der Waals surface area contributed by atoms with Crippen LogP contribution in [0.15, 0.2) is 48.5 Å². The Morgan fingerprint density at radius 3 is 2.07 bits per heavy atom. The summed E-state index contributed by atoms with van der Waals surface area (Å²) >= 11 is 0. The van der Waals surface area contributed by atoms with E-state index in [0.717, 1.165) is 45.6 Å². The summed E-state index contributed by atoms with van der Waals surface area (Å²) < 4.78 is 5.45. The average molecular weight is 382 g/mol. The molecule has 0 amide bonds. The number of rotatable bonds is 8. The van der Waals surface area contributed by atoms with Crippen LogP contribution in [0.5, 0.6) is 0 Å². The van der Waals surface area contributed by atoms with Crippen LogP contribution in [0.1, 0.15) is 30.0 Å². The summed E-state index contributed by atoms with van der Waals surface area (Å²) in [7, 11) is 4.38. The molecule has 0 aromatic heterocycles. The summed E-state index contributed by atoms with van der Waals surface area (Å²) in [4.78, 5) is 4.77. The van der Waals surface area contributed by atoms with Crippen LogP contribution < -0.4 is 10.6 Å². The van der Waals surface area contributed by atoms with Gasteiger partial charge in [0.2, 0.25) is 0 Å². The Morgan fingerprint density at radius 2 is 1.50 bits per heavy atom. The predicted molar refractivity (Wildman–Crippen MR) is 118 cm³/mol. The highest BCUT2D eigenvalue weighted by atomic mass is 16.5. The van der Waals surface area contributed by atoms with Gasteiger partial charge in [0.1, 0.15) is 0 Å². The number of hydrogen-bond donors (Lipinski definition) is 1. The number of aryl methyl sites for hydroxylation is 1. The largest absolute Gasteiger partial charge is 0.378 e. The summed E-state index contributed by atoms with van der Waals surface area (Å²) in [5.74, 6) is 0. The van der Waals surface area contributed by atoms with Crippen LogP contribution in [0.25, 0.3) is 0 Å². The molecule has 1 aliphatic rings. The Balaban J connectivity index is 1.61. The highest BCUT2D eigenvalue weighted by molar-refractivity contribution is 5.48. The minimum Gasteiger partial charge on any atom is -0.378 e. The average Bonchev–Trinajstić information content (AvgIpc) is 2.74. The molecule has 28 heavy (non-hydrogen) atoms. The molecule has 1 aliphatic heterocycles. The topological polar surface area (TPSA) is 41.7 Å². The van der Waals surface area contributed by atoms with E-state index >= 15 is 0 Å². The molecule has 1 unspecified atom stereocenters. The zero-order valence-corrected chi connectivity index (χ0v) is 17.7. The third-order valence-electron chi connectivity index (χ3n) is 6.19.